The molecular weight excluding hydrogens is 194 g/mol. The molecule has 0 radical (unpaired) electrons. The van der Waals surface area contributed by atoms with Gasteiger partial charge in [-0.25, -0.2) is 0 Å². The van der Waals surface area contributed by atoms with Crippen LogP contribution in [-0.2, 0) is 0 Å². The summed E-state index contributed by atoms with van der Waals surface area (Å²) < 4.78 is 0. The van der Waals surface area contributed by atoms with Crippen LogP contribution in [0.15, 0.2) is 0 Å². The van der Waals surface area contributed by atoms with E-state index in [-0.39, 0.29) is 0 Å². The normalized spacial score (nSPS) is 22.5. The van der Waals surface area contributed by atoms with Crippen LogP contribution in [-0.4, -0.2) is 74.3 Å². The van der Waals surface area contributed by atoms with Crippen LogP contribution in [0.1, 0.15) is 0 Å². The molecule has 0 aliphatic heterocycles. The summed E-state index contributed by atoms with van der Waals surface area (Å²) in [4.78, 5) is 0. The molecule has 0 rings (SSSR count). The third-order valence-electron chi connectivity index (χ3n) is 2.25. The van der Waals surface area contributed by atoms with E-state index in [0.717, 1.165) is 0 Å². The smallest absolute Gasteiger partial charge is 0.101 e. The van der Waals surface area contributed by atoms with Crippen molar-refractivity contribution in [2.24, 2.45) is 5.73 Å². The number of rotatable bonds is 6. The molecule has 0 saturated carbocycles. The van der Waals surface area contributed by atoms with E-state index < -0.39 is 43.7 Å². The van der Waals surface area contributed by atoms with E-state index in [0.29, 0.717) is 0 Å². The number of aliphatic hydroxyl groups is 6. The Morgan fingerprint density at radius 1 is 0.786 bits per heavy atom. The van der Waals surface area contributed by atoms with E-state index in [1.807, 2.05) is 0 Å². The summed E-state index contributed by atoms with van der Waals surface area (Å²) in [6, 6.07) is 0. The number of nitrogens with two attached hydrogens (primary N) is 1. The molecule has 0 fully saturated rings. The zero-order valence-corrected chi connectivity index (χ0v) is 7.61. The fourth-order valence-electron chi connectivity index (χ4n) is 1.14. The third kappa shape index (κ3) is 2.39. The molecule has 7 nitrogen and oxygen atoms in total. The summed E-state index contributed by atoms with van der Waals surface area (Å²) in [6.45, 7) is -2.40. The maximum absolute atomic E-state index is 9.26. The topological polar surface area (TPSA) is 147 Å². The van der Waals surface area contributed by atoms with Crippen LogP contribution in [0.3, 0.4) is 0 Å². The largest absolute Gasteiger partial charge is 0.394 e. The van der Waals surface area contributed by atoms with E-state index in [2.05, 4.69) is 0 Å². The Bertz CT molecular complexity index is 140. The Kier molecular flexibility index (Phi) is 5.45. The molecule has 3 unspecified atom stereocenters. The van der Waals surface area contributed by atoms with E-state index in [1.54, 1.807) is 0 Å². The zero-order valence-electron chi connectivity index (χ0n) is 7.61. The molecule has 0 amide bonds. The van der Waals surface area contributed by atoms with Gasteiger partial charge in [-0.1, -0.05) is 0 Å². The predicted octanol–water partition coefficient (Wildman–Crippen LogP) is -4.26. The fraction of sp³-hybridized carbons (Fsp3) is 1.00. The van der Waals surface area contributed by atoms with Gasteiger partial charge in [-0.2, -0.15) is 0 Å². The highest BCUT2D eigenvalue weighted by atomic mass is 16.4. The van der Waals surface area contributed by atoms with Crippen molar-refractivity contribution >= 4 is 0 Å². The molecule has 3 atom stereocenters. The highest BCUT2D eigenvalue weighted by Gasteiger charge is 2.46. The highest BCUT2D eigenvalue weighted by Crippen LogP contribution is 2.17. The standard InChI is InChI=1S/C7H17NO6/c8-7(4(12)1-9,5(13)2-10)6(14)3-11/h4-6,9-14H,1-3,8H2. The van der Waals surface area contributed by atoms with Gasteiger partial charge in [0.1, 0.15) is 23.9 Å². The maximum Gasteiger partial charge on any atom is 0.101 e. The molecule has 14 heavy (non-hydrogen) atoms. The lowest BCUT2D eigenvalue weighted by atomic mass is 9.82. The van der Waals surface area contributed by atoms with Gasteiger partial charge in [-0.15, -0.1) is 0 Å². The van der Waals surface area contributed by atoms with E-state index in [1.165, 1.54) is 0 Å². The summed E-state index contributed by atoms with van der Waals surface area (Å²) >= 11 is 0. The molecule has 0 aromatic rings. The Balaban J connectivity index is 4.83. The fourth-order valence-corrected chi connectivity index (χ4v) is 1.14. The number of aliphatic hydroxyl groups excluding tert-OH is 6. The molecular formula is C7H17NO6. The van der Waals surface area contributed by atoms with Gasteiger partial charge in [-0.05, 0) is 0 Å². The average molecular weight is 211 g/mol. The molecule has 86 valence electrons. The van der Waals surface area contributed by atoms with Crippen molar-refractivity contribution in [3.05, 3.63) is 0 Å². The Morgan fingerprint density at radius 3 is 1.14 bits per heavy atom. The second kappa shape index (κ2) is 5.56. The minimum absolute atomic E-state index is 0.801. The van der Waals surface area contributed by atoms with E-state index in [9.17, 15) is 15.3 Å². The van der Waals surface area contributed by atoms with Gasteiger partial charge in [0.05, 0.1) is 19.8 Å². The Morgan fingerprint density at radius 2 is 1.00 bits per heavy atom. The lowest BCUT2D eigenvalue weighted by Gasteiger charge is -2.39. The summed E-state index contributed by atoms with van der Waals surface area (Å²) in [5.74, 6) is 0. The summed E-state index contributed by atoms with van der Waals surface area (Å²) in [5, 5.41) is 53.7. The van der Waals surface area contributed by atoms with Gasteiger partial charge in [0.2, 0.25) is 0 Å². The Labute approximate surface area is 81.0 Å². The lowest BCUT2D eigenvalue weighted by molar-refractivity contribution is -0.117. The van der Waals surface area contributed by atoms with Gasteiger partial charge >= 0.3 is 0 Å². The van der Waals surface area contributed by atoms with Crippen molar-refractivity contribution in [2.75, 3.05) is 19.8 Å². The molecule has 0 aliphatic rings. The van der Waals surface area contributed by atoms with Crippen molar-refractivity contribution < 1.29 is 30.6 Å². The van der Waals surface area contributed by atoms with Gasteiger partial charge in [0.15, 0.2) is 0 Å². The molecule has 7 heteroatoms. The SMILES string of the molecule is NC(C(O)CO)(C(O)CO)C(O)CO. The molecule has 0 bridgehead atoms. The summed E-state index contributed by atoms with van der Waals surface area (Å²) in [6.07, 6.45) is -4.94. The van der Waals surface area contributed by atoms with Crippen LogP contribution in [0.4, 0.5) is 0 Å². The first-order valence-corrected chi connectivity index (χ1v) is 4.10. The lowest BCUT2D eigenvalue weighted by Crippen LogP contribution is -2.69. The van der Waals surface area contributed by atoms with Gasteiger partial charge in [-0.3, -0.25) is 0 Å². The number of hydrogen-bond acceptors (Lipinski definition) is 7. The first-order valence-electron chi connectivity index (χ1n) is 4.10. The van der Waals surface area contributed by atoms with Crippen LogP contribution < -0.4 is 5.73 Å². The highest BCUT2D eigenvalue weighted by molar-refractivity contribution is 5.03. The first-order chi connectivity index (χ1) is 6.44. The Hall–Kier alpha value is -0.280. The second-order valence-electron chi connectivity index (χ2n) is 3.10. The van der Waals surface area contributed by atoms with E-state index in [4.69, 9.17) is 21.1 Å². The second-order valence-corrected chi connectivity index (χ2v) is 3.10. The van der Waals surface area contributed by atoms with Crippen LogP contribution in [0.2, 0.25) is 0 Å². The van der Waals surface area contributed by atoms with Gasteiger partial charge < -0.3 is 36.4 Å². The molecule has 0 aliphatic carbocycles. The molecule has 0 saturated heterocycles. The predicted molar refractivity (Wildman–Crippen MR) is 46.2 cm³/mol. The molecule has 0 spiro atoms. The van der Waals surface area contributed by atoms with Crippen LogP contribution in [0.5, 0.6) is 0 Å². The van der Waals surface area contributed by atoms with Crippen LogP contribution in [0.25, 0.3) is 0 Å². The molecule has 8 N–H and O–H groups in total. The molecule has 0 aromatic carbocycles. The third-order valence-corrected chi connectivity index (χ3v) is 2.25. The minimum atomic E-state index is -2.06. The monoisotopic (exact) mass is 211 g/mol. The van der Waals surface area contributed by atoms with Crippen LogP contribution >= 0.6 is 0 Å². The summed E-state index contributed by atoms with van der Waals surface area (Å²) in [7, 11) is 0. The van der Waals surface area contributed by atoms with Crippen LogP contribution in [0, 0.1) is 0 Å². The van der Waals surface area contributed by atoms with Crippen molar-refractivity contribution in [1.29, 1.82) is 0 Å². The quantitative estimate of drug-likeness (QED) is 0.235. The first kappa shape index (κ1) is 13.7. The van der Waals surface area contributed by atoms with E-state index >= 15 is 0 Å². The van der Waals surface area contributed by atoms with Crippen molar-refractivity contribution in [2.45, 2.75) is 23.9 Å². The van der Waals surface area contributed by atoms with Crippen molar-refractivity contribution in [1.82, 2.24) is 0 Å². The number of hydrogen-bond donors (Lipinski definition) is 7. The molecule has 0 heterocycles. The minimum Gasteiger partial charge on any atom is -0.394 e. The summed E-state index contributed by atoms with van der Waals surface area (Å²) in [5.41, 5.74) is 3.37. The van der Waals surface area contributed by atoms with Crippen molar-refractivity contribution in [3.63, 3.8) is 0 Å². The average Bonchev–Trinajstić information content (AvgIpc) is 2.24. The van der Waals surface area contributed by atoms with Crippen molar-refractivity contribution in [3.8, 4) is 0 Å². The molecule has 0 aromatic heterocycles. The van der Waals surface area contributed by atoms with Gasteiger partial charge in [0.25, 0.3) is 0 Å². The zero-order chi connectivity index (χ0) is 11.4. The van der Waals surface area contributed by atoms with Gasteiger partial charge in [0, 0.05) is 0 Å². The maximum atomic E-state index is 9.26.